The van der Waals surface area contributed by atoms with Crippen molar-refractivity contribution in [1.82, 2.24) is 0 Å². The van der Waals surface area contributed by atoms with E-state index in [0.717, 1.165) is 18.9 Å². The molecule has 11 heavy (non-hydrogen) atoms. The second-order valence-electron chi connectivity index (χ2n) is 3.06. The zero-order valence-corrected chi connectivity index (χ0v) is 9.36. The molecule has 0 rings (SSSR count). The summed E-state index contributed by atoms with van der Waals surface area (Å²) in [5, 5.41) is 0. The molecule has 0 aromatic rings. The fraction of sp³-hybridized carbons (Fsp3) is 1.00. The summed E-state index contributed by atoms with van der Waals surface area (Å²) < 4.78 is 5.02. The highest BCUT2D eigenvalue weighted by Crippen LogP contribution is 2.20. The summed E-state index contributed by atoms with van der Waals surface area (Å²) in [4.78, 5) is 0.669. The van der Waals surface area contributed by atoms with Crippen molar-refractivity contribution in [2.24, 2.45) is 5.92 Å². The molecule has 0 bridgehead atoms. The van der Waals surface area contributed by atoms with Gasteiger partial charge in [0.05, 0.1) is 0 Å². The van der Waals surface area contributed by atoms with Crippen molar-refractivity contribution >= 4 is 15.9 Å². The molecule has 2 unspecified atom stereocenters. The van der Waals surface area contributed by atoms with E-state index in [-0.39, 0.29) is 0 Å². The van der Waals surface area contributed by atoms with E-state index in [9.17, 15) is 0 Å². The van der Waals surface area contributed by atoms with E-state index < -0.39 is 0 Å². The van der Waals surface area contributed by atoms with Crippen LogP contribution in [0.2, 0.25) is 0 Å². The summed E-state index contributed by atoms with van der Waals surface area (Å²) in [7, 11) is 1.76. The third-order valence-electron chi connectivity index (χ3n) is 1.96. The molecule has 0 heterocycles. The summed E-state index contributed by atoms with van der Waals surface area (Å²) in [5.41, 5.74) is 0. The maximum atomic E-state index is 5.02. The minimum absolute atomic E-state index is 0.669. The predicted molar refractivity (Wildman–Crippen MR) is 53.3 cm³/mol. The highest BCUT2D eigenvalue weighted by molar-refractivity contribution is 9.09. The van der Waals surface area contributed by atoms with Gasteiger partial charge in [0, 0.05) is 18.5 Å². The van der Waals surface area contributed by atoms with Gasteiger partial charge in [0.25, 0.3) is 0 Å². The molecule has 0 fully saturated rings. The number of methoxy groups -OCH3 is 1. The van der Waals surface area contributed by atoms with Crippen molar-refractivity contribution in [2.75, 3.05) is 13.7 Å². The van der Waals surface area contributed by atoms with Crippen molar-refractivity contribution in [1.29, 1.82) is 0 Å². The van der Waals surface area contributed by atoms with Crippen molar-refractivity contribution in [2.45, 2.75) is 37.9 Å². The Kier molecular flexibility index (Phi) is 7.39. The van der Waals surface area contributed by atoms with Gasteiger partial charge in [-0.05, 0) is 18.8 Å². The Morgan fingerprint density at radius 3 is 2.45 bits per heavy atom. The average Bonchev–Trinajstić information content (AvgIpc) is 2.00. The Morgan fingerprint density at radius 1 is 1.36 bits per heavy atom. The minimum atomic E-state index is 0.669. The Bertz CT molecular complexity index is 85.6. The van der Waals surface area contributed by atoms with Gasteiger partial charge in [-0.2, -0.15) is 0 Å². The SMILES string of the molecule is CCCC(Br)C(C)CCOC. The number of hydrogen-bond acceptors (Lipinski definition) is 1. The zero-order valence-electron chi connectivity index (χ0n) is 7.77. The number of rotatable bonds is 6. The normalized spacial score (nSPS) is 16.4. The molecule has 0 N–H and O–H groups in total. The van der Waals surface area contributed by atoms with E-state index >= 15 is 0 Å². The van der Waals surface area contributed by atoms with Crippen molar-refractivity contribution in [3.05, 3.63) is 0 Å². The summed E-state index contributed by atoms with van der Waals surface area (Å²) in [6, 6.07) is 0. The predicted octanol–water partition coefficient (Wildman–Crippen LogP) is 3.22. The first-order chi connectivity index (χ1) is 5.22. The van der Waals surface area contributed by atoms with Crippen molar-refractivity contribution in [3.63, 3.8) is 0 Å². The molecule has 0 aliphatic carbocycles. The third-order valence-corrected chi connectivity index (χ3v) is 3.32. The Labute approximate surface area is 78.6 Å². The summed E-state index contributed by atoms with van der Waals surface area (Å²) >= 11 is 3.68. The van der Waals surface area contributed by atoms with E-state index in [2.05, 4.69) is 29.8 Å². The first kappa shape index (κ1) is 11.4. The average molecular weight is 223 g/mol. The third kappa shape index (κ3) is 5.68. The largest absolute Gasteiger partial charge is 0.385 e. The first-order valence-electron chi connectivity index (χ1n) is 4.35. The second-order valence-corrected chi connectivity index (χ2v) is 4.24. The summed E-state index contributed by atoms with van der Waals surface area (Å²) in [6.45, 7) is 5.37. The van der Waals surface area contributed by atoms with Gasteiger partial charge in [-0.25, -0.2) is 0 Å². The Balaban J connectivity index is 3.38. The van der Waals surface area contributed by atoms with Gasteiger partial charge in [0.2, 0.25) is 0 Å². The van der Waals surface area contributed by atoms with Crippen LogP contribution in [0.1, 0.15) is 33.1 Å². The lowest BCUT2D eigenvalue weighted by Gasteiger charge is -2.16. The van der Waals surface area contributed by atoms with Crippen molar-refractivity contribution < 1.29 is 4.74 Å². The molecule has 0 saturated heterocycles. The molecule has 0 amide bonds. The van der Waals surface area contributed by atoms with Crippen LogP contribution in [0.15, 0.2) is 0 Å². The molecule has 68 valence electrons. The lowest BCUT2D eigenvalue weighted by atomic mass is 10.0. The number of ether oxygens (including phenoxy) is 1. The lowest BCUT2D eigenvalue weighted by Crippen LogP contribution is -2.12. The van der Waals surface area contributed by atoms with Gasteiger partial charge in [0.1, 0.15) is 0 Å². The van der Waals surface area contributed by atoms with E-state index in [0.29, 0.717) is 4.83 Å². The van der Waals surface area contributed by atoms with Crippen LogP contribution in [0.25, 0.3) is 0 Å². The number of hydrogen-bond donors (Lipinski definition) is 0. The molecule has 0 aromatic heterocycles. The molecule has 2 heteroatoms. The molecule has 0 aromatic carbocycles. The fourth-order valence-electron chi connectivity index (χ4n) is 1.04. The van der Waals surface area contributed by atoms with Crippen LogP contribution < -0.4 is 0 Å². The van der Waals surface area contributed by atoms with Gasteiger partial charge in [0.15, 0.2) is 0 Å². The standard InChI is InChI=1S/C9H19BrO/c1-4-5-9(10)8(2)6-7-11-3/h8-9H,4-7H2,1-3H3. The molecule has 2 atom stereocenters. The molecule has 1 nitrogen and oxygen atoms in total. The molecule has 0 saturated carbocycles. The molecule has 0 radical (unpaired) electrons. The monoisotopic (exact) mass is 222 g/mol. The summed E-state index contributed by atoms with van der Waals surface area (Å²) in [6.07, 6.45) is 3.69. The van der Waals surface area contributed by atoms with E-state index in [4.69, 9.17) is 4.74 Å². The van der Waals surface area contributed by atoms with Crippen LogP contribution in [0, 0.1) is 5.92 Å². The van der Waals surface area contributed by atoms with Crippen LogP contribution in [-0.4, -0.2) is 18.5 Å². The van der Waals surface area contributed by atoms with E-state index in [1.807, 2.05) is 0 Å². The Morgan fingerprint density at radius 2 is 2.00 bits per heavy atom. The zero-order chi connectivity index (χ0) is 8.69. The second kappa shape index (κ2) is 7.11. The molecular formula is C9H19BrO. The lowest BCUT2D eigenvalue weighted by molar-refractivity contribution is 0.179. The highest BCUT2D eigenvalue weighted by Gasteiger charge is 2.11. The van der Waals surface area contributed by atoms with Crippen LogP contribution in [0.5, 0.6) is 0 Å². The van der Waals surface area contributed by atoms with Gasteiger partial charge in [-0.1, -0.05) is 36.2 Å². The minimum Gasteiger partial charge on any atom is -0.385 e. The van der Waals surface area contributed by atoms with E-state index in [1.165, 1.54) is 12.8 Å². The summed E-state index contributed by atoms with van der Waals surface area (Å²) in [5.74, 6) is 0.731. The maximum absolute atomic E-state index is 5.02. The van der Waals surface area contributed by atoms with Gasteiger partial charge >= 0.3 is 0 Å². The topological polar surface area (TPSA) is 9.23 Å². The maximum Gasteiger partial charge on any atom is 0.0465 e. The van der Waals surface area contributed by atoms with Crippen LogP contribution in [-0.2, 0) is 4.74 Å². The quantitative estimate of drug-likeness (QED) is 0.628. The van der Waals surface area contributed by atoms with Crippen LogP contribution >= 0.6 is 15.9 Å². The first-order valence-corrected chi connectivity index (χ1v) is 5.27. The molecule has 0 spiro atoms. The van der Waals surface area contributed by atoms with Crippen LogP contribution in [0.4, 0.5) is 0 Å². The molecule has 0 aliphatic rings. The Hall–Kier alpha value is 0.440. The molecule has 0 aliphatic heterocycles. The highest BCUT2D eigenvalue weighted by atomic mass is 79.9. The smallest absolute Gasteiger partial charge is 0.0465 e. The number of halogens is 1. The molecular weight excluding hydrogens is 204 g/mol. The van der Waals surface area contributed by atoms with Gasteiger partial charge in [-0.15, -0.1) is 0 Å². The van der Waals surface area contributed by atoms with Crippen LogP contribution in [0.3, 0.4) is 0 Å². The fourth-order valence-corrected chi connectivity index (χ4v) is 1.77. The van der Waals surface area contributed by atoms with E-state index in [1.54, 1.807) is 7.11 Å². The van der Waals surface area contributed by atoms with Gasteiger partial charge in [-0.3, -0.25) is 0 Å². The number of alkyl halides is 1. The van der Waals surface area contributed by atoms with Crippen molar-refractivity contribution in [3.8, 4) is 0 Å². The van der Waals surface area contributed by atoms with Gasteiger partial charge < -0.3 is 4.74 Å².